The SMILES string of the molecule is CCOc1ccc(NC(=O)CNc2ccccc2C(=O)NCc2ccco2)cc1. The molecule has 0 fully saturated rings. The lowest BCUT2D eigenvalue weighted by Gasteiger charge is -2.12. The Morgan fingerprint density at radius 1 is 1.00 bits per heavy atom. The Hall–Kier alpha value is -3.74. The topological polar surface area (TPSA) is 92.6 Å². The van der Waals surface area contributed by atoms with Crippen LogP contribution >= 0.6 is 0 Å². The van der Waals surface area contributed by atoms with Gasteiger partial charge >= 0.3 is 0 Å². The highest BCUT2D eigenvalue weighted by atomic mass is 16.5. The molecule has 0 saturated carbocycles. The summed E-state index contributed by atoms with van der Waals surface area (Å²) in [5.74, 6) is 0.938. The summed E-state index contributed by atoms with van der Waals surface area (Å²) in [6, 6.07) is 17.7. The molecule has 0 atom stereocenters. The van der Waals surface area contributed by atoms with Crippen molar-refractivity contribution in [2.75, 3.05) is 23.8 Å². The van der Waals surface area contributed by atoms with Crippen molar-refractivity contribution in [3.63, 3.8) is 0 Å². The third kappa shape index (κ3) is 5.87. The molecule has 0 aliphatic heterocycles. The van der Waals surface area contributed by atoms with Gasteiger partial charge in [-0.25, -0.2) is 0 Å². The van der Waals surface area contributed by atoms with Crippen LogP contribution in [0.15, 0.2) is 71.3 Å². The maximum absolute atomic E-state index is 12.5. The molecule has 3 aromatic rings. The van der Waals surface area contributed by atoms with Crippen LogP contribution in [0.3, 0.4) is 0 Å². The van der Waals surface area contributed by atoms with Gasteiger partial charge < -0.3 is 25.1 Å². The smallest absolute Gasteiger partial charge is 0.253 e. The van der Waals surface area contributed by atoms with Crippen LogP contribution in [0.5, 0.6) is 5.75 Å². The van der Waals surface area contributed by atoms with Crippen molar-refractivity contribution >= 4 is 23.2 Å². The lowest BCUT2D eigenvalue weighted by atomic mass is 10.1. The zero-order valence-corrected chi connectivity index (χ0v) is 16.1. The third-order valence-corrected chi connectivity index (χ3v) is 4.06. The second-order valence-electron chi connectivity index (χ2n) is 6.17. The first-order valence-corrected chi connectivity index (χ1v) is 9.32. The molecule has 0 saturated heterocycles. The number of benzene rings is 2. The number of amides is 2. The highest BCUT2D eigenvalue weighted by Crippen LogP contribution is 2.17. The molecule has 3 rings (SSSR count). The van der Waals surface area contributed by atoms with Crippen LogP contribution in [-0.4, -0.2) is 25.0 Å². The number of ether oxygens (including phenoxy) is 1. The molecule has 0 aliphatic carbocycles. The van der Waals surface area contributed by atoms with Crippen LogP contribution in [0.1, 0.15) is 23.0 Å². The first kappa shape index (κ1) is 20.0. The molecule has 29 heavy (non-hydrogen) atoms. The zero-order valence-electron chi connectivity index (χ0n) is 16.1. The van der Waals surface area contributed by atoms with Crippen LogP contribution in [0.2, 0.25) is 0 Å². The number of furan rings is 1. The Bertz CT molecular complexity index is 937. The minimum Gasteiger partial charge on any atom is -0.494 e. The predicted octanol–water partition coefficient (Wildman–Crippen LogP) is 3.66. The minimum absolute atomic E-state index is 0.0235. The summed E-state index contributed by atoms with van der Waals surface area (Å²) in [5, 5.41) is 8.62. The number of anilines is 2. The van der Waals surface area contributed by atoms with Gasteiger partial charge in [0.25, 0.3) is 5.91 Å². The Morgan fingerprint density at radius 2 is 1.79 bits per heavy atom. The lowest BCUT2D eigenvalue weighted by Crippen LogP contribution is -2.26. The molecule has 0 radical (unpaired) electrons. The molecular formula is C22H23N3O4. The van der Waals surface area contributed by atoms with E-state index in [1.54, 1.807) is 66.9 Å². The van der Waals surface area contributed by atoms with E-state index in [0.717, 1.165) is 5.75 Å². The number of nitrogens with one attached hydrogen (secondary N) is 3. The number of carbonyl (C=O) groups is 2. The second kappa shape index (κ2) is 9.98. The molecule has 0 spiro atoms. The van der Waals surface area contributed by atoms with Crippen molar-refractivity contribution in [1.82, 2.24) is 5.32 Å². The molecule has 2 amide bonds. The maximum atomic E-state index is 12.5. The molecule has 7 heteroatoms. The van der Waals surface area contributed by atoms with Gasteiger partial charge in [-0.3, -0.25) is 9.59 Å². The van der Waals surface area contributed by atoms with E-state index in [-0.39, 0.29) is 18.4 Å². The summed E-state index contributed by atoms with van der Waals surface area (Å²) in [5.41, 5.74) is 1.70. The summed E-state index contributed by atoms with van der Waals surface area (Å²) in [6.45, 7) is 2.81. The average Bonchev–Trinajstić information content (AvgIpc) is 3.26. The Kier molecular flexibility index (Phi) is 6.89. The van der Waals surface area contributed by atoms with E-state index in [4.69, 9.17) is 9.15 Å². The van der Waals surface area contributed by atoms with Gasteiger partial charge in [-0.15, -0.1) is 0 Å². The monoisotopic (exact) mass is 393 g/mol. The summed E-state index contributed by atoms with van der Waals surface area (Å²) in [6.07, 6.45) is 1.56. The number of hydrogen-bond acceptors (Lipinski definition) is 5. The van der Waals surface area contributed by atoms with Crippen molar-refractivity contribution in [1.29, 1.82) is 0 Å². The third-order valence-electron chi connectivity index (χ3n) is 4.06. The van der Waals surface area contributed by atoms with Crippen LogP contribution in [0.4, 0.5) is 11.4 Å². The fourth-order valence-corrected chi connectivity index (χ4v) is 2.69. The molecule has 1 aromatic heterocycles. The van der Waals surface area contributed by atoms with E-state index in [0.29, 0.717) is 35.9 Å². The zero-order chi connectivity index (χ0) is 20.5. The largest absolute Gasteiger partial charge is 0.494 e. The highest BCUT2D eigenvalue weighted by molar-refractivity contribution is 6.00. The Balaban J connectivity index is 1.54. The second-order valence-corrected chi connectivity index (χ2v) is 6.17. The van der Waals surface area contributed by atoms with Crippen LogP contribution < -0.4 is 20.7 Å². The number of rotatable bonds is 9. The van der Waals surface area contributed by atoms with Crippen molar-refractivity contribution < 1.29 is 18.7 Å². The summed E-state index contributed by atoms with van der Waals surface area (Å²) < 4.78 is 10.6. The van der Waals surface area contributed by atoms with Gasteiger partial charge in [0.15, 0.2) is 0 Å². The molecule has 1 heterocycles. The highest BCUT2D eigenvalue weighted by Gasteiger charge is 2.12. The van der Waals surface area contributed by atoms with E-state index in [1.807, 2.05) is 6.92 Å². The van der Waals surface area contributed by atoms with Gasteiger partial charge in [0.2, 0.25) is 5.91 Å². The van der Waals surface area contributed by atoms with Crippen LogP contribution in [-0.2, 0) is 11.3 Å². The van der Waals surface area contributed by atoms with Crippen LogP contribution in [0.25, 0.3) is 0 Å². The van der Waals surface area contributed by atoms with Gasteiger partial charge in [-0.1, -0.05) is 12.1 Å². The molecular weight excluding hydrogens is 370 g/mol. The quantitative estimate of drug-likeness (QED) is 0.516. The first-order valence-electron chi connectivity index (χ1n) is 9.32. The normalized spacial score (nSPS) is 10.2. The van der Waals surface area contributed by atoms with Crippen LogP contribution in [0, 0.1) is 0 Å². The molecule has 2 aromatic carbocycles. The number of para-hydroxylation sites is 1. The molecule has 7 nitrogen and oxygen atoms in total. The van der Waals surface area contributed by atoms with Crippen molar-refractivity contribution in [3.8, 4) is 5.75 Å². The standard InChI is InChI=1S/C22H23N3O4/c1-2-28-17-11-9-16(10-12-17)25-21(26)15-23-20-8-4-3-7-19(20)22(27)24-14-18-6-5-13-29-18/h3-13,23H,2,14-15H2,1H3,(H,24,27)(H,25,26). The van der Waals surface area contributed by atoms with E-state index >= 15 is 0 Å². The lowest BCUT2D eigenvalue weighted by molar-refractivity contribution is -0.114. The van der Waals surface area contributed by atoms with E-state index in [2.05, 4.69) is 16.0 Å². The van der Waals surface area contributed by atoms with Gasteiger partial charge in [0.05, 0.1) is 31.5 Å². The van der Waals surface area contributed by atoms with Gasteiger partial charge in [-0.2, -0.15) is 0 Å². The first-order chi connectivity index (χ1) is 14.2. The molecule has 3 N–H and O–H groups in total. The number of carbonyl (C=O) groups excluding carboxylic acids is 2. The van der Waals surface area contributed by atoms with Gasteiger partial charge in [-0.05, 0) is 55.5 Å². The summed E-state index contributed by atoms with van der Waals surface area (Å²) >= 11 is 0. The van der Waals surface area contributed by atoms with Gasteiger partial charge in [0, 0.05) is 11.4 Å². The minimum atomic E-state index is -0.253. The fraction of sp³-hybridized carbons (Fsp3) is 0.182. The Morgan fingerprint density at radius 3 is 2.52 bits per heavy atom. The summed E-state index contributed by atoms with van der Waals surface area (Å²) in [4.78, 5) is 24.7. The average molecular weight is 393 g/mol. The molecule has 0 bridgehead atoms. The van der Waals surface area contributed by atoms with Crippen molar-refractivity contribution in [2.45, 2.75) is 13.5 Å². The van der Waals surface area contributed by atoms with E-state index in [9.17, 15) is 9.59 Å². The van der Waals surface area contributed by atoms with E-state index < -0.39 is 0 Å². The molecule has 0 unspecified atom stereocenters. The molecule has 0 aliphatic rings. The predicted molar refractivity (Wildman–Crippen MR) is 111 cm³/mol. The Labute approximate surface area is 169 Å². The van der Waals surface area contributed by atoms with Crippen molar-refractivity contribution in [2.24, 2.45) is 0 Å². The maximum Gasteiger partial charge on any atom is 0.253 e. The van der Waals surface area contributed by atoms with Gasteiger partial charge in [0.1, 0.15) is 11.5 Å². The van der Waals surface area contributed by atoms with E-state index in [1.165, 1.54) is 0 Å². The number of hydrogen-bond donors (Lipinski definition) is 3. The van der Waals surface area contributed by atoms with Crippen molar-refractivity contribution in [3.05, 3.63) is 78.3 Å². The summed E-state index contributed by atoms with van der Waals surface area (Å²) in [7, 11) is 0. The fourth-order valence-electron chi connectivity index (χ4n) is 2.69. The molecule has 150 valence electrons.